The predicted octanol–water partition coefficient (Wildman–Crippen LogP) is -0.322. The van der Waals surface area contributed by atoms with Crippen molar-refractivity contribution < 1.29 is 27.9 Å². The SMILES string of the molecule is CCC(CNS(=O)(=O)NC(=O)OC)CC(=O)O. The Bertz CT molecular complexity index is 366. The van der Waals surface area contributed by atoms with E-state index >= 15 is 0 Å². The zero-order chi connectivity index (χ0) is 13.5. The number of carboxylic acid groups (broad SMARTS) is 1. The first-order valence-corrected chi connectivity index (χ1v) is 6.36. The predicted molar refractivity (Wildman–Crippen MR) is 58.5 cm³/mol. The quantitative estimate of drug-likeness (QED) is 0.581. The van der Waals surface area contributed by atoms with Gasteiger partial charge in [-0.05, 0) is 5.92 Å². The molecule has 8 nitrogen and oxygen atoms in total. The molecule has 0 aliphatic carbocycles. The third-order valence-corrected chi connectivity index (χ3v) is 2.99. The number of carbonyl (C=O) groups is 2. The number of amides is 1. The molecule has 1 amide bonds. The second-order valence-electron chi connectivity index (χ2n) is 3.32. The minimum Gasteiger partial charge on any atom is -0.481 e. The van der Waals surface area contributed by atoms with Crippen molar-refractivity contribution in [1.29, 1.82) is 0 Å². The molecule has 0 rings (SSSR count). The van der Waals surface area contributed by atoms with Gasteiger partial charge in [-0.25, -0.2) is 9.52 Å². The van der Waals surface area contributed by atoms with Crippen LogP contribution in [-0.4, -0.2) is 39.2 Å². The van der Waals surface area contributed by atoms with Gasteiger partial charge in [0.05, 0.1) is 7.11 Å². The molecule has 100 valence electrons. The summed E-state index contributed by atoms with van der Waals surface area (Å²) >= 11 is 0. The summed E-state index contributed by atoms with van der Waals surface area (Å²) in [6.07, 6.45) is -0.742. The first-order valence-electron chi connectivity index (χ1n) is 4.87. The molecule has 0 aromatic carbocycles. The summed E-state index contributed by atoms with van der Waals surface area (Å²) < 4.78 is 30.3. The number of hydrogen-bond acceptors (Lipinski definition) is 5. The number of carbonyl (C=O) groups excluding carboxylic acids is 1. The molecule has 17 heavy (non-hydrogen) atoms. The fourth-order valence-corrected chi connectivity index (χ4v) is 1.85. The van der Waals surface area contributed by atoms with Gasteiger partial charge in [-0.3, -0.25) is 4.79 Å². The molecule has 1 unspecified atom stereocenters. The van der Waals surface area contributed by atoms with Crippen molar-refractivity contribution >= 4 is 22.3 Å². The third kappa shape index (κ3) is 7.53. The van der Waals surface area contributed by atoms with Gasteiger partial charge < -0.3 is 9.84 Å². The number of ether oxygens (including phenoxy) is 1. The van der Waals surface area contributed by atoms with Crippen molar-refractivity contribution in [3.8, 4) is 0 Å². The minimum atomic E-state index is -4.00. The lowest BCUT2D eigenvalue weighted by Gasteiger charge is -2.13. The van der Waals surface area contributed by atoms with E-state index in [1.165, 1.54) is 0 Å². The normalized spacial score (nSPS) is 12.8. The van der Waals surface area contributed by atoms with E-state index in [1.807, 2.05) is 0 Å². The summed E-state index contributed by atoms with van der Waals surface area (Å²) in [5.74, 6) is -1.33. The van der Waals surface area contributed by atoms with Crippen LogP contribution in [0.3, 0.4) is 0 Å². The Morgan fingerprint density at radius 3 is 2.41 bits per heavy atom. The summed E-state index contributed by atoms with van der Waals surface area (Å²) in [6.45, 7) is 1.69. The highest BCUT2D eigenvalue weighted by molar-refractivity contribution is 7.88. The summed E-state index contributed by atoms with van der Waals surface area (Å²) in [7, 11) is -2.97. The molecule has 0 aromatic rings. The highest BCUT2D eigenvalue weighted by atomic mass is 32.2. The third-order valence-electron chi connectivity index (χ3n) is 2.01. The Kier molecular flexibility index (Phi) is 6.51. The first-order chi connectivity index (χ1) is 7.80. The topological polar surface area (TPSA) is 122 Å². The van der Waals surface area contributed by atoms with Gasteiger partial charge in [-0.2, -0.15) is 13.1 Å². The summed E-state index contributed by atoms with van der Waals surface area (Å²) in [4.78, 5) is 21.1. The van der Waals surface area contributed by atoms with E-state index in [1.54, 1.807) is 11.6 Å². The maximum absolute atomic E-state index is 11.2. The van der Waals surface area contributed by atoms with Crippen LogP contribution in [0.1, 0.15) is 19.8 Å². The van der Waals surface area contributed by atoms with Crippen LogP contribution in [0.25, 0.3) is 0 Å². The molecular weight excluding hydrogens is 252 g/mol. The van der Waals surface area contributed by atoms with E-state index in [0.29, 0.717) is 6.42 Å². The largest absolute Gasteiger partial charge is 0.481 e. The van der Waals surface area contributed by atoms with Crippen LogP contribution < -0.4 is 9.44 Å². The maximum Gasteiger partial charge on any atom is 0.421 e. The van der Waals surface area contributed by atoms with Crippen molar-refractivity contribution in [2.45, 2.75) is 19.8 Å². The van der Waals surface area contributed by atoms with Crippen LogP contribution in [-0.2, 0) is 19.7 Å². The van der Waals surface area contributed by atoms with Gasteiger partial charge in [0, 0.05) is 13.0 Å². The van der Waals surface area contributed by atoms with Crippen molar-refractivity contribution in [3.05, 3.63) is 0 Å². The second kappa shape index (κ2) is 7.07. The number of methoxy groups -OCH3 is 1. The monoisotopic (exact) mass is 268 g/mol. The van der Waals surface area contributed by atoms with Crippen molar-refractivity contribution in [2.24, 2.45) is 5.92 Å². The molecule has 0 heterocycles. The van der Waals surface area contributed by atoms with E-state index in [0.717, 1.165) is 7.11 Å². The lowest BCUT2D eigenvalue weighted by Crippen LogP contribution is -2.42. The summed E-state index contributed by atoms with van der Waals surface area (Å²) in [5, 5.41) is 8.56. The Morgan fingerprint density at radius 1 is 1.41 bits per heavy atom. The molecule has 0 spiro atoms. The molecule has 0 radical (unpaired) electrons. The van der Waals surface area contributed by atoms with E-state index in [2.05, 4.69) is 9.46 Å². The summed E-state index contributed by atoms with van der Waals surface area (Å²) in [6, 6.07) is 0. The molecule has 0 saturated heterocycles. The molecule has 0 bridgehead atoms. The van der Waals surface area contributed by atoms with Gasteiger partial charge in [0.25, 0.3) is 0 Å². The van der Waals surface area contributed by atoms with E-state index in [9.17, 15) is 18.0 Å². The number of rotatable bonds is 7. The van der Waals surface area contributed by atoms with Crippen molar-refractivity contribution in [2.75, 3.05) is 13.7 Å². The zero-order valence-corrected chi connectivity index (χ0v) is 10.4. The first kappa shape index (κ1) is 15.7. The minimum absolute atomic E-state index is 0.0604. The molecule has 0 aliphatic heterocycles. The molecule has 0 aliphatic rings. The molecule has 1 atom stereocenters. The van der Waals surface area contributed by atoms with Crippen LogP contribution in [0.2, 0.25) is 0 Å². The standard InChI is InChI=1S/C8H16N2O6S/c1-3-6(4-7(11)12)5-9-17(14,15)10-8(13)16-2/h6,9H,3-5H2,1-2H3,(H,10,13)(H,11,12). The Labute approximate surface area is 99.5 Å². The molecule has 3 N–H and O–H groups in total. The average molecular weight is 268 g/mol. The van der Waals surface area contributed by atoms with Gasteiger partial charge in [-0.15, -0.1) is 0 Å². The number of aliphatic carboxylic acids is 1. The number of nitrogens with one attached hydrogen (secondary N) is 2. The lowest BCUT2D eigenvalue weighted by atomic mass is 10.0. The Morgan fingerprint density at radius 2 is 2.00 bits per heavy atom. The zero-order valence-electron chi connectivity index (χ0n) is 9.60. The maximum atomic E-state index is 11.2. The van der Waals surface area contributed by atoms with E-state index in [-0.39, 0.29) is 18.9 Å². The fraction of sp³-hybridized carbons (Fsp3) is 0.750. The fourth-order valence-electron chi connectivity index (χ4n) is 1.02. The molecule has 0 saturated carbocycles. The Hall–Kier alpha value is -1.35. The van der Waals surface area contributed by atoms with Crippen LogP contribution in [0.15, 0.2) is 0 Å². The molecule has 0 aromatic heterocycles. The van der Waals surface area contributed by atoms with Gasteiger partial charge in [0.1, 0.15) is 0 Å². The van der Waals surface area contributed by atoms with Crippen LogP contribution in [0.4, 0.5) is 4.79 Å². The molecular formula is C8H16N2O6S. The van der Waals surface area contributed by atoms with Gasteiger partial charge in [0.2, 0.25) is 0 Å². The van der Waals surface area contributed by atoms with Gasteiger partial charge in [-0.1, -0.05) is 13.3 Å². The lowest BCUT2D eigenvalue weighted by molar-refractivity contribution is -0.138. The second-order valence-corrected chi connectivity index (χ2v) is 4.82. The van der Waals surface area contributed by atoms with Gasteiger partial charge in [0.15, 0.2) is 0 Å². The number of carboxylic acids is 1. The Balaban J connectivity index is 4.24. The molecule has 9 heteroatoms. The smallest absolute Gasteiger partial charge is 0.421 e. The van der Waals surface area contributed by atoms with E-state index < -0.39 is 22.3 Å². The highest BCUT2D eigenvalue weighted by Crippen LogP contribution is 2.06. The van der Waals surface area contributed by atoms with Gasteiger partial charge >= 0.3 is 22.3 Å². The van der Waals surface area contributed by atoms with Crippen LogP contribution in [0.5, 0.6) is 0 Å². The molecule has 0 fully saturated rings. The van der Waals surface area contributed by atoms with Crippen molar-refractivity contribution in [1.82, 2.24) is 9.44 Å². The summed E-state index contributed by atoms with van der Waals surface area (Å²) in [5.41, 5.74) is 0. The van der Waals surface area contributed by atoms with Crippen LogP contribution in [0, 0.1) is 5.92 Å². The average Bonchev–Trinajstić information content (AvgIpc) is 2.23. The highest BCUT2D eigenvalue weighted by Gasteiger charge is 2.17. The number of hydrogen-bond donors (Lipinski definition) is 3. The van der Waals surface area contributed by atoms with E-state index in [4.69, 9.17) is 5.11 Å². The van der Waals surface area contributed by atoms with Crippen molar-refractivity contribution in [3.63, 3.8) is 0 Å². The van der Waals surface area contributed by atoms with Crippen LogP contribution >= 0.6 is 0 Å².